The minimum Gasteiger partial charge on any atom is -0.352 e. The van der Waals surface area contributed by atoms with Crippen LogP contribution in [0.1, 0.15) is 61.9 Å². The van der Waals surface area contributed by atoms with Crippen molar-refractivity contribution in [2.24, 2.45) is 0 Å². The van der Waals surface area contributed by atoms with Gasteiger partial charge in [0, 0.05) is 6.04 Å². The number of nitrogens with zero attached hydrogens (tertiary/aromatic N) is 2. The van der Waals surface area contributed by atoms with Crippen LogP contribution >= 0.6 is 0 Å². The number of fused-ring (bicyclic) bond motifs is 1. The van der Waals surface area contributed by atoms with Gasteiger partial charge in [0.1, 0.15) is 6.04 Å². The normalized spacial score (nSPS) is 16.9. The Hall–Kier alpha value is -2.38. The predicted octanol–water partition coefficient (Wildman–Crippen LogP) is 4.04. The Morgan fingerprint density at radius 2 is 1.79 bits per heavy atom. The Labute approximate surface area is 161 Å². The van der Waals surface area contributed by atoms with Crippen molar-refractivity contribution >= 4 is 16.9 Å². The molecule has 28 heavy (non-hydrogen) atoms. The zero-order valence-electron chi connectivity index (χ0n) is 16.2. The smallest absolute Gasteiger partial charge is 0.352 e. The lowest BCUT2D eigenvalue weighted by Crippen LogP contribution is -2.43. The molecular weight excluding hydrogens is 371 g/mol. The summed E-state index contributed by atoms with van der Waals surface area (Å²) in [7, 11) is 0. The molecule has 1 aromatic heterocycles. The topological polar surface area (TPSA) is 64.0 Å². The number of alkyl halides is 3. The molecule has 0 unspecified atom stereocenters. The Bertz CT molecular complexity index is 960. The predicted molar refractivity (Wildman–Crippen MR) is 100 cm³/mol. The summed E-state index contributed by atoms with van der Waals surface area (Å²) >= 11 is 0. The van der Waals surface area contributed by atoms with Crippen molar-refractivity contribution in [3.8, 4) is 0 Å². The molecule has 1 atom stereocenters. The van der Waals surface area contributed by atoms with Crippen molar-refractivity contribution in [2.75, 3.05) is 0 Å². The van der Waals surface area contributed by atoms with Gasteiger partial charge in [-0.15, -0.1) is 0 Å². The summed E-state index contributed by atoms with van der Waals surface area (Å²) in [4.78, 5) is 29.0. The highest BCUT2D eigenvalue weighted by atomic mass is 19.4. The highest BCUT2D eigenvalue weighted by Crippen LogP contribution is 2.28. The van der Waals surface area contributed by atoms with E-state index in [1.807, 2.05) is 0 Å². The number of hydrogen-bond acceptors (Lipinski definition) is 3. The van der Waals surface area contributed by atoms with Crippen LogP contribution in [-0.2, 0) is 11.0 Å². The van der Waals surface area contributed by atoms with E-state index >= 15 is 0 Å². The quantitative estimate of drug-likeness (QED) is 0.853. The monoisotopic (exact) mass is 395 g/mol. The number of aryl methyl sites for hydroxylation is 2. The van der Waals surface area contributed by atoms with Crippen molar-refractivity contribution in [2.45, 2.75) is 71.1 Å². The average Bonchev–Trinajstić information content (AvgIpc) is 2.62. The van der Waals surface area contributed by atoms with Crippen molar-refractivity contribution < 1.29 is 18.0 Å². The van der Waals surface area contributed by atoms with Crippen molar-refractivity contribution in [3.63, 3.8) is 0 Å². The van der Waals surface area contributed by atoms with E-state index in [1.54, 1.807) is 19.9 Å². The second-order valence-electron chi connectivity index (χ2n) is 7.58. The van der Waals surface area contributed by atoms with Gasteiger partial charge in [-0.05, 0) is 56.9 Å². The SMILES string of the molecule is Cc1cc2nc(C(F)(F)F)c(=O)n([C@@H](C)C(=O)NC3CCCCC3)c2cc1C. The maximum atomic E-state index is 13.4. The largest absolute Gasteiger partial charge is 0.438 e. The number of aromatic nitrogens is 2. The number of rotatable bonds is 3. The van der Waals surface area contributed by atoms with Gasteiger partial charge in [0.05, 0.1) is 11.0 Å². The molecule has 1 fully saturated rings. The molecule has 8 heteroatoms. The van der Waals surface area contributed by atoms with Crippen LogP contribution in [0.3, 0.4) is 0 Å². The molecule has 1 aliphatic rings. The molecule has 1 N–H and O–H groups in total. The average molecular weight is 395 g/mol. The lowest BCUT2D eigenvalue weighted by molar-refractivity contribution is -0.142. The lowest BCUT2D eigenvalue weighted by atomic mass is 9.95. The number of carbonyl (C=O) groups excluding carboxylic acids is 1. The molecule has 0 radical (unpaired) electrons. The Kier molecular flexibility index (Phi) is 5.50. The molecule has 0 bridgehead atoms. The van der Waals surface area contributed by atoms with E-state index in [0.717, 1.165) is 47.8 Å². The van der Waals surface area contributed by atoms with Gasteiger partial charge in [-0.3, -0.25) is 14.2 Å². The van der Waals surface area contributed by atoms with Crippen molar-refractivity contribution in [3.05, 3.63) is 39.3 Å². The number of benzene rings is 1. The standard InChI is InChI=1S/C20H24F3N3O2/c1-11-9-15-16(10-12(11)2)26(19(28)17(25-15)20(21,22)23)13(3)18(27)24-14-7-5-4-6-8-14/h9-10,13-14H,4-8H2,1-3H3,(H,24,27)/t13-/m0/s1. The Morgan fingerprint density at radius 3 is 2.39 bits per heavy atom. The van der Waals surface area contributed by atoms with E-state index in [1.165, 1.54) is 13.0 Å². The van der Waals surface area contributed by atoms with Gasteiger partial charge in [-0.1, -0.05) is 19.3 Å². The molecule has 1 aliphatic carbocycles. The van der Waals surface area contributed by atoms with Gasteiger partial charge in [0.15, 0.2) is 0 Å². The molecule has 5 nitrogen and oxygen atoms in total. The van der Waals surface area contributed by atoms with Gasteiger partial charge in [-0.25, -0.2) is 4.98 Å². The maximum absolute atomic E-state index is 13.4. The summed E-state index contributed by atoms with van der Waals surface area (Å²) in [5.41, 5.74) is -0.949. The van der Waals surface area contributed by atoms with Crippen LogP contribution in [0, 0.1) is 13.8 Å². The van der Waals surface area contributed by atoms with Crippen LogP contribution in [0.15, 0.2) is 16.9 Å². The number of amides is 1. The lowest BCUT2D eigenvalue weighted by Gasteiger charge is -2.26. The van der Waals surface area contributed by atoms with Crippen LogP contribution in [0.5, 0.6) is 0 Å². The molecule has 0 aliphatic heterocycles. The zero-order chi connectivity index (χ0) is 20.6. The first-order valence-corrected chi connectivity index (χ1v) is 9.50. The van der Waals surface area contributed by atoms with Gasteiger partial charge in [0.25, 0.3) is 5.56 Å². The molecule has 2 aromatic rings. The fourth-order valence-corrected chi connectivity index (χ4v) is 3.72. The van der Waals surface area contributed by atoms with Crippen molar-refractivity contribution in [1.29, 1.82) is 0 Å². The van der Waals surface area contributed by atoms with Gasteiger partial charge < -0.3 is 5.32 Å². The number of halogens is 3. The Balaban J connectivity index is 2.11. The Morgan fingerprint density at radius 1 is 1.18 bits per heavy atom. The molecule has 1 amide bonds. The van der Waals surface area contributed by atoms with Crippen LogP contribution in [0.2, 0.25) is 0 Å². The second-order valence-corrected chi connectivity index (χ2v) is 7.58. The number of carbonyl (C=O) groups is 1. The summed E-state index contributed by atoms with van der Waals surface area (Å²) in [6, 6.07) is 2.05. The van der Waals surface area contributed by atoms with Crippen LogP contribution in [-0.4, -0.2) is 21.5 Å². The fraction of sp³-hybridized carbons (Fsp3) is 0.550. The van der Waals surface area contributed by atoms with Crippen LogP contribution in [0.4, 0.5) is 13.2 Å². The van der Waals surface area contributed by atoms with Crippen LogP contribution < -0.4 is 10.9 Å². The molecular formula is C20H24F3N3O2. The summed E-state index contributed by atoms with van der Waals surface area (Å²) < 4.78 is 41.1. The molecule has 3 rings (SSSR count). The summed E-state index contributed by atoms with van der Waals surface area (Å²) in [6.45, 7) is 5.01. The summed E-state index contributed by atoms with van der Waals surface area (Å²) in [5, 5.41) is 2.89. The van der Waals surface area contributed by atoms with Crippen LogP contribution in [0.25, 0.3) is 11.0 Å². The molecule has 152 valence electrons. The first-order chi connectivity index (χ1) is 13.1. The number of nitrogens with one attached hydrogen (secondary N) is 1. The summed E-state index contributed by atoms with van der Waals surface area (Å²) in [6.07, 6.45) is -0.0786. The molecule has 1 saturated carbocycles. The molecule has 1 aromatic carbocycles. The van der Waals surface area contributed by atoms with Crippen molar-refractivity contribution in [1.82, 2.24) is 14.9 Å². The third-order valence-electron chi connectivity index (χ3n) is 5.49. The van der Waals surface area contributed by atoms with Gasteiger partial charge >= 0.3 is 6.18 Å². The van der Waals surface area contributed by atoms with E-state index in [9.17, 15) is 22.8 Å². The third-order valence-corrected chi connectivity index (χ3v) is 5.49. The zero-order valence-corrected chi connectivity index (χ0v) is 16.2. The molecule has 1 heterocycles. The van der Waals surface area contributed by atoms with Gasteiger partial charge in [0.2, 0.25) is 11.6 Å². The number of hydrogen-bond donors (Lipinski definition) is 1. The minimum atomic E-state index is -4.90. The third kappa shape index (κ3) is 3.91. The summed E-state index contributed by atoms with van der Waals surface area (Å²) in [5.74, 6) is -0.451. The van der Waals surface area contributed by atoms with Gasteiger partial charge in [-0.2, -0.15) is 13.2 Å². The fourth-order valence-electron chi connectivity index (χ4n) is 3.72. The highest BCUT2D eigenvalue weighted by molar-refractivity contribution is 5.84. The minimum absolute atomic E-state index is 0.00132. The first kappa shape index (κ1) is 20.4. The second kappa shape index (κ2) is 7.56. The van der Waals surface area contributed by atoms with E-state index in [0.29, 0.717) is 0 Å². The molecule has 0 spiro atoms. The maximum Gasteiger partial charge on any atom is 0.438 e. The van der Waals surface area contributed by atoms with E-state index in [-0.39, 0.29) is 17.1 Å². The van der Waals surface area contributed by atoms with E-state index < -0.39 is 29.4 Å². The first-order valence-electron chi connectivity index (χ1n) is 9.50. The molecule has 0 saturated heterocycles. The van der Waals surface area contributed by atoms with E-state index in [2.05, 4.69) is 10.3 Å². The van der Waals surface area contributed by atoms with E-state index in [4.69, 9.17) is 0 Å². The highest BCUT2D eigenvalue weighted by Gasteiger charge is 2.38.